The summed E-state index contributed by atoms with van der Waals surface area (Å²) in [6.07, 6.45) is 5.59. The molecule has 6 nitrogen and oxygen atoms in total. The number of carbonyl (C=O) groups is 1. The van der Waals surface area contributed by atoms with Crippen molar-refractivity contribution < 1.29 is 13.9 Å². The standard InChI is InChI=1S/C19H19N3O3/c1-12-4-3-8-22(12)18-17(14-7-9-25-11-14)20-15-6-5-13(19(23)24-2)10-16(15)21-18/h5-7,9-12H,3-4,8H2,1-2H3. The monoisotopic (exact) mass is 337 g/mol. The van der Waals surface area contributed by atoms with Crippen molar-refractivity contribution in [1.29, 1.82) is 0 Å². The molecule has 3 heterocycles. The zero-order valence-electron chi connectivity index (χ0n) is 14.2. The number of benzene rings is 1. The molecular weight excluding hydrogens is 318 g/mol. The predicted octanol–water partition coefficient (Wildman–Crippen LogP) is 3.67. The Morgan fingerprint density at radius 1 is 1.28 bits per heavy atom. The SMILES string of the molecule is COC(=O)c1ccc2nc(-c3ccoc3)c(N3CCCC3C)nc2c1. The second kappa shape index (κ2) is 6.20. The van der Waals surface area contributed by atoms with Gasteiger partial charge in [-0.15, -0.1) is 0 Å². The maximum absolute atomic E-state index is 11.8. The van der Waals surface area contributed by atoms with Crippen LogP contribution in [0.3, 0.4) is 0 Å². The van der Waals surface area contributed by atoms with Gasteiger partial charge in [0.2, 0.25) is 0 Å². The van der Waals surface area contributed by atoms with Crippen LogP contribution in [-0.4, -0.2) is 35.6 Å². The molecule has 1 atom stereocenters. The summed E-state index contributed by atoms with van der Waals surface area (Å²) in [4.78, 5) is 23.7. The number of esters is 1. The quantitative estimate of drug-likeness (QED) is 0.679. The highest BCUT2D eigenvalue weighted by Gasteiger charge is 2.26. The fraction of sp³-hybridized carbons (Fsp3) is 0.316. The van der Waals surface area contributed by atoms with Crippen LogP contribution in [-0.2, 0) is 4.74 Å². The van der Waals surface area contributed by atoms with E-state index in [-0.39, 0.29) is 5.97 Å². The zero-order chi connectivity index (χ0) is 17.4. The molecule has 0 aliphatic carbocycles. The highest BCUT2D eigenvalue weighted by Crippen LogP contribution is 2.34. The lowest BCUT2D eigenvalue weighted by Crippen LogP contribution is -2.28. The van der Waals surface area contributed by atoms with Gasteiger partial charge < -0.3 is 14.1 Å². The topological polar surface area (TPSA) is 68.5 Å². The van der Waals surface area contributed by atoms with Crippen molar-refractivity contribution in [3.05, 3.63) is 42.4 Å². The van der Waals surface area contributed by atoms with E-state index in [4.69, 9.17) is 19.1 Å². The maximum atomic E-state index is 11.8. The van der Waals surface area contributed by atoms with Gasteiger partial charge in [0.05, 0.1) is 36.2 Å². The molecule has 1 saturated heterocycles. The van der Waals surface area contributed by atoms with Gasteiger partial charge in [0.15, 0.2) is 5.82 Å². The molecule has 128 valence electrons. The molecular formula is C19H19N3O3. The Morgan fingerprint density at radius 3 is 2.84 bits per heavy atom. The van der Waals surface area contributed by atoms with Gasteiger partial charge in [0, 0.05) is 18.2 Å². The first-order valence-corrected chi connectivity index (χ1v) is 8.36. The minimum atomic E-state index is -0.376. The van der Waals surface area contributed by atoms with Crippen LogP contribution in [0.2, 0.25) is 0 Å². The molecule has 0 radical (unpaired) electrons. The van der Waals surface area contributed by atoms with E-state index in [9.17, 15) is 4.79 Å². The smallest absolute Gasteiger partial charge is 0.337 e. The number of aromatic nitrogens is 2. The average molecular weight is 337 g/mol. The third kappa shape index (κ3) is 2.73. The molecule has 0 saturated carbocycles. The van der Waals surface area contributed by atoms with E-state index < -0.39 is 0 Å². The molecule has 0 spiro atoms. The largest absolute Gasteiger partial charge is 0.472 e. The van der Waals surface area contributed by atoms with Crippen molar-refractivity contribution >= 4 is 22.8 Å². The van der Waals surface area contributed by atoms with E-state index in [0.29, 0.717) is 17.1 Å². The molecule has 1 aromatic carbocycles. The fourth-order valence-corrected chi connectivity index (χ4v) is 3.33. The molecule has 6 heteroatoms. The van der Waals surface area contributed by atoms with Gasteiger partial charge in [-0.1, -0.05) is 0 Å². The van der Waals surface area contributed by atoms with Crippen molar-refractivity contribution in [3.8, 4) is 11.3 Å². The number of ether oxygens (including phenoxy) is 1. The summed E-state index contributed by atoms with van der Waals surface area (Å²) in [7, 11) is 1.37. The fourth-order valence-electron chi connectivity index (χ4n) is 3.33. The van der Waals surface area contributed by atoms with E-state index in [2.05, 4.69) is 11.8 Å². The van der Waals surface area contributed by atoms with Gasteiger partial charge >= 0.3 is 5.97 Å². The van der Waals surface area contributed by atoms with Gasteiger partial charge in [0.1, 0.15) is 5.69 Å². The van der Waals surface area contributed by atoms with Crippen LogP contribution < -0.4 is 4.90 Å². The van der Waals surface area contributed by atoms with Gasteiger partial charge in [-0.2, -0.15) is 0 Å². The third-order valence-corrected chi connectivity index (χ3v) is 4.69. The lowest BCUT2D eigenvalue weighted by Gasteiger charge is -2.24. The summed E-state index contributed by atoms with van der Waals surface area (Å²) in [5, 5.41) is 0. The van der Waals surface area contributed by atoms with E-state index >= 15 is 0 Å². The minimum absolute atomic E-state index is 0.376. The predicted molar refractivity (Wildman–Crippen MR) is 94.6 cm³/mol. The Kier molecular flexibility index (Phi) is 3.87. The highest BCUT2D eigenvalue weighted by atomic mass is 16.5. The van der Waals surface area contributed by atoms with Crippen molar-refractivity contribution in [3.63, 3.8) is 0 Å². The number of hydrogen-bond donors (Lipinski definition) is 0. The molecule has 1 unspecified atom stereocenters. The Balaban J connectivity index is 1.91. The lowest BCUT2D eigenvalue weighted by molar-refractivity contribution is 0.0601. The number of nitrogens with zero attached hydrogens (tertiary/aromatic N) is 3. The number of rotatable bonds is 3. The average Bonchev–Trinajstić information content (AvgIpc) is 3.31. The van der Waals surface area contributed by atoms with Crippen molar-refractivity contribution in [2.24, 2.45) is 0 Å². The molecule has 25 heavy (non-hydrogen) atoms. The molecule has 0 bridgehead atoms. The summed E-state index contributed by atoms with van der Waals surface area (Å²) in [5.74, 6) is 0.458. The van der Waals surface area contributed by atoms with Crippen molar-refractivity contribution in [1.82, 2.24) is 9.97 Å². The Hall–Kier alpha value is -2.89. The number of methoxy groups -OCH3 is 1. The maximum Gasteiger partial charge on any atom is 0.337 e. The summed E-state index contributed by atoms with van der Waals surface area (Å²) in [5.41, 5.74) is 3.60. The Bertz CT molecular complexity index is 921. The van der Waals surface area contributed by atoms with Crippen LogP contribution in [0.5, 0.6) is 0 Å². The van der Waals surface area contributed by atoms with Crippen LogP contribution in [0.4, 0.5) is 5.82 Å². The zero-order valence-corrected chi connectivity index (χ0v) is 14.2. The first-order valence-electron chi connectivity index (χ1n) is 8.36. The van der Waals surface area contributed by atoms with Gasteiger partial charge in [-0.05, 0) is 44.0 Å². The highest BCUT2D eigenvalue weighted by molar-refractivity contribution is 5.94. The number of hydrogen-bond acceptors (Lipinski definition) is 6. The van der Waals surface area contributed by atoms with Gasteiger partial charge in [0.25, 0.3) is 0 Å². The lowest BCUT2D eigenvalue weighted by atomic mass is 10.1. The minimum Gasteiger partial charge on any atom is -0.472 e. The van der Waals surface area contributed by atoms with Crippen LogP contribution in [0.25, 0.3) is 22.3 Å². The second-order valence-electron chi connectivity index (χ2n) is 6.29. The molecule has 2 aromatic heterocycles. The molecule has 0 amide bonds. The van der Waals surface area contributed by atoms with Crippen LogP contribution in [0, 0.1) is 0 Å². The van der Waals surface area contributed by atoms with Gasteiger partial charge in [-0.25, -0.2) is 14.8 Å². The number of carbonyl (C=O) groups excluding carboxylic acids is 1. The molecule has 1 aliphatic rings. The van der Waals surface area contributed by atoms with Crippen molar-refractivity contribution in [2.75, 3.05) is 18.6 Å². The molecule has 4 rings (SSSR count). The number of fused-ring (bicyclic) bond motifs is 1. The normalized spacial score (nSPS) is 17.2. The van der Waals surface area contributed by atoms with E-state index in [1.54, 1.807) is 30.7 Å². The Morgan fingerprint density at radius 2 is 2.16 bits per heavy atom. The van der Waals surface area contributed by atoms with E-state index in [1.807, 2.05) is 6.07 Å². The summed E-state index contributed by atoms with van der Waals surface area (Å²) in [6.45, 7) is 3.14. The van der Waals surface area contributed by atoms with Crippen molar-refractivity contribution in [2.45, 2.75) is 25.8 Å². The third-order valence-electron chi connectivity index (χ3n) is 4.69. The molecule has 3 aromatic rings. The first kappa shape index (κ1) is 15.6. The van der Waals surface area contributed by atoms with Crippen LogP contribution >= 0.6 is 0 Å². The number of furan rings is 1. The molecule has 1 fully saturated rings. The molecule has 0 N–H and O–H groups in total. The second-order valence-corrected chi connectivity index (χ2v) is 6.29. The molecule has 1 aliphatic heterocycles. The summed E-state index contributed by atoms with van der Waals surface area (Å²) in [6, 6.07) is 7.54. The first-order chi connectivity index (χ1) is 12.2. The van der Waals surface area contributed by atoms with E-state index in [1.165, 1.54) is 7.11 Å². The van der Waals surface area contributed by atoms with Gasteiger partial charge in [-0.3, -0.25) is 0 Å². The van der Waals surface area contributed by atoms with Crippen LogP contribution in [0.1, 0.15) is 30.1 Å². The van der Waals surface area contributed by atoms with E-state index in [0.717, 1.165) is 42.0 Å². The summed E-state index contributed by atoms with van der Waals surface area (Å²) >= 11 is 0. The number of anilines is 1. The van der Waals surface area contributed by atoms with Crippen LogP contribution in [0.15, 0.2) is 41.2 Å². The summed E-state index contributed by atoms with van der Waals surface area (Å²) < 4.78 is 10.0. The Labute approximate surface area is 145 Å².